The first-order valence-corrected chi connectivity index (χ1v) is 6.35. The number of carbonyl (C=O) groups excluding carboxylic acids is 2. The number of amides is 2. The maximum Gasteiger partial charge on any atom is 0.288 e. The van der Waals surface area contributed by atoms with Crippen molar-refractivity contribution in [3.05, 3.63) is 5.82 Å². The standard InChI is InChI=1S/C11H18N6O3/c1-20-6-8(18)17-4-2-7(3-5-17)13-10(19)9-14-11(12)16-15-9/h7H,2-6H2,1H3,(H,13,19)(H3,12,14,15,16). The maximum atomic E-state index is 11.8. The number of methoxy groups -OCH3 is 1. The van der Waals surface area contributed by atoms with E-state index in [-0.39, 0.29) is 36.2 Å². The average Bonchev–Trinajstić information content (AvgIpc) is 2.86. The lowest BCUT2D eigenvalue weighted by atomic mass is 10.0. The SMILES string of the molecule is COCC(=O)N1CCC(NC(=O)c2nc(N)n[nH]2)CC1. The summed E-state index contributed by atoms with van der Waals surface area (Å²) < 4.78 is 4.82. The van der Waals surface area contributed by atoms with E-state index in [1.165, 1.54) is 7.11 Å². The number of nitrogen functional groups attached to an aromatic ring is 1. The normalized spacial score (nSPS) is 16.1. The molecule has 2 amide bonds. The minimum absolute atomic E-state index is 0.0143. The lowest BCUT2D eigenvalue weighted by Gasteiger charge is -2.32. The van der Waals surface area contributed by atoms with Crippen LogP contribution in [0.15, 0.2) is 0 Å². The van der Waals surface area contributed by atoms with Gasteiger partial charge in [0.1, 0.15) is 6.61 Å². The van der Waals surface area contributed by atoms with Crippen LogP contribution in [0.2, 0.25) is 0 Å². The number of hydrogen-bond donors (Lipinski definition) is 3. The van der Waals surface area contributed by atoms with Crippen molar-refractivity contribution in [2.75, 3.05) is 32.5 Å². The summed E-state index contributed by atoms with van der Waals surface area (Å²) in [4.78, 5) is 29.0. The fourth-order valence-corrected chi connectivity index (χ4v) is 2.12. The van der Waals surface area contributed by atoms with Gasteiger partial charge in [-0.15, -0.1) is 5.10 Å². The number of anilines is 1. The summed E-state index contributed by atoms with van der Waals surface area (Å²) >= 11 is 0. The molecule has 0 saturated carbocycles. The Morgan fingerprint density at radius 1 is 1.50 bits per heavy atom. The minimum atomic E-state index is -0.337. The van der Waals surface area contributed by atoms with Crippen LogP contribution in [-0.4, -0.2) is 64.7 Å². The van der Waals surface area contributed by atoms with E-state index in [0.717, 1.165) is 0 Å². The molecule has 0 radical (unpaired) electrons. The Labute approximate surface area is 115 Å². The van der Waals surface area contributed by atoms with Gasteiger partial charge in [0.2, 0.25) is 17.7 Å². The third-order valence-corrected chi connectivity index (χ3v) is 3.17. The van der Waals surface area contributed by atoms with Crippen molar-refractivity contribution in [2.24, 2.45) is 0 Å². The van der Waals surface area contributed by atoms with Crippen molar-refractivity contribution in [1.82, 2.24) is 25.4 Å². The van der Waals surface area contributed by atoms with Crippen LogP contribution in [-0.2, 0) is 9.53 Å². The summed E-state index contributed by atoms with van der Waals surface area (Å²) in [5.41, 5.74) is 5.34. The molecule has 2 heterocycles. The summed E-state index contributed by atoms with van der Waals surface area (Å²) in [7, 11) is 1.49. The van der Waals surface area contributed by atoms with Crippen molar-refractivity contribution in [1.29, 1.82) is 0 Å². The van der Waals surface area contributed by atoms with E-state index in [9.17, 15) is 9.59 Å². The van der Waals surface area contributed by atoms with Crippen LogP contribution in [0.3, 0.4) is 0 Å². The molecule has 0 atom stereocenters. The minimum Gasteiger partial charge on any atom is -0.375 e. The number of aromatic nitrogens is 3. The van der Waals surface area contributed by atoms with Crippen molar-refractivity contribution in [3.63, 3.8) is 0 Å². The fourth-order valence-electron chi connectivity index (χ4n) is 2.12. The van der Waals surface area contributed by atoms with E-state index in [1.807, 2.05) is 0 Å². The number of likely N-dealkylation sites (tertiary alicyclic amines) is 1. The van der Waals surface area contributed by atoms with E-state index >= 15 is 0 Å². The van der Waals surface area contributed by atoms with E-state index in [0.29, 0.717) is 25.9 Å². The molecule has 0 aliphatic carbocycles. The number of H-pyrrole nitrogens is 1. The van der Waals surface area contributed by atoms with Gasteiger partial charge in [-0.1, -0.05) is 0 Å². The highest BCUT2D eigenvalue weighted by molar-refractivity contribution is 5.90. The number of nitrogens with two attached hydrogens (primary N) is 1. The van der Waals surface area contributed by atoms with Gasteiger partial charge < -0.3 is 20.7 Å². The van der Waals surface area contributed by atoms with Crippen molar-refractivity contribution in [2.45, 2.75) is 18.9 Å². The zero-order chi connectivity index (χ0) is 14.5. The first kappa shape index (κ1) is 14.3. The summed E-state index contributed by atoms with van der Waals surface area (Å²) in [6.07, 6.45) is 1.40. The summed E-state index contributed by atoms with van der Waals surface area (Å²) in [5.74, 6) is -0.230. The molecule has 1 aliphatic heterocycles. The number of ether oxygens (including phenoxy) is 1. The van der Waals surface area contributed by atoms with Crippen molar-refractivity contribution < 1.29 is 14.3 Å². The van der Waals surface area contributed by atoms with Crippen LogP contribution in [0, 0.1) is 0 Å². The van der Waals surface area contributed by atoms with Crippen LogP contribution in [0.25, 0.3) is 0 Å². The van der Waals surface area contributed by atoms with Crippen molar-refractivity contribution >= 4 is 17.8 Å². The Hall–Kier alpha value is -2.16. The molecule has 1 aromatic heterocycles. The van der Waals surface area contributed by atoms with Gasteiger partial charge in [-0.25, -0.2) is 0 Å². The topological polar surface area (TPSA) is 126 Å². The van der Waals surface area contributed by atoms with Gasteiger partial charge in [0.05, 0.1) is 0 Å². The van der Waals surface area contributed by atoms with E-state index in [1.54, 1.807) is 4.90 Å². The molecule has 1 aliphatic rings. The van der Waals surface area contributed by atoms with Gasteiger partial charge in [-0.2, -0.15) is 4.98 Å². The summed E-state index contributed by atoms with van der Waals surface area (Å²) in [5, 5.41) is 8.90. The number of hydrogen-bond acceptors (Lipinski definition) is 6. The molecule has 0 bridgehead atoms. The predicted octanol–water partition coefficient (Wildman–Crippen LogP) is -1.25. The average molecular weight is 282 g/mol. The largest absolute Gasteiger partial charge is 0.375 e. The fraction of sp³-hybridized carbons (Fsp3) is 0.636. The highest BCUT2D eigenvalue weighted by Gasteiger charge is 2.24. The Balaban J connectivity index is 1.80. The molecule has 1 saturated heterocycles. The Bertz CT molecular complexity index is 480. The molecule has 0 unspecified atom stereocenters. The van der Waals surface area contributed by atoms with E-state index < -0.39 is 0 Å². The van der Waals surface area contributed by atoms with Gasteiger partial charge >= 0.3 is 0 Å². The third-order valence-electron chi connectivity index (χ3n) is 3.17. The van der Waals surface area contributed by atoms with Crippen LogP contribution in [0.5, 0.6) is 0 Å². The van der Waals surface area contributed by atoms with Crippen molar-refractivity contribution in [3.8, 4) is 0 Å². The maximum absolute atomic E-state index is 11.8. The van der Waals surface area contributed by atoms with Gasteiger partial charge in [0, 0.05) is 26.2 Å². The molecule has 0 aromatic carbocycles. The second-order valence-corrected chi connectivity index (χ2v) is 4.60. The number of rotatable bonds is 4. The molecule has 2 rings (SSSR count). The van der Waals surface area contributed by atoms with Gasteiger partial charge in [-0.3, -0.25) is 14.7 Å². The summed E-state index contributed by atoms with van der Waals surface area (Å²) in [6, 6.07) is 0.0143. The lowest BCUT2D eigenvalue weighted by molar-refractivity contribution is -0.136. The first-order chi connectivity index (χ1) is 9.60. The monoisotopic (exact) mass is 282 g/mol. The highest BCUT2D eigenvalue weighted by atomic mass is 16.5. The number of piperidine rings is 1. The third kappa shape index (κ3) is 3.44. The number of nitrogens with zero attached hydrogens (tertiary/aromatic N) is 3. The number of aromatic amines is 1. The zero-order valence-corrected chi connectivity index (χ0v) is 11.3. The Morgan fingerprint density at radius 2 is 2.20 bits per heavy atom. The Morgan fingerprint density at radius 3 is 2.75 bits per heavy atom. The van der Waals surface area contributed by atoms with Crippen LogP contribution < -0.4 is 11.1 Å². The van der Waals surface area contributed by atoms with Gasteiger partial charge in [0.15, 0.2) is 0 Å². The first-order valence-electron chi connectivity index (χ1n) is 6.35. The molecule has 9 nitrogen and oxygen atoms in total. The molecule has 0 spiro atoms. The Kier molecular flexibility index (Phi) is 4.51. The number of carbonyl (C=O) groups is 2. The molecular formula is C11H18N6O3. The second-order valence-electron chi connectivity index (χ2n) is 4.60. The van der Waals surface area contributed by atoms with E-state index in [2.05, 4.69) is 20.5 Å². The molecule has 4 N–H and O–H groups in total. The van der Waals surface area contributed by atoms with E-state index in [4.69, 9.17) is 10.5 Å². The molecule has 9 heteroatoms. The second kappa shape index (κ2) is 6.33. The van der Waals surface area contributed by atoms with Crippen LogP contribution >= 0.6 is 0 Å². The van der Waals surface area contributed by atoms with Gasteiger partial charge in [-0.05, 0) is 12.8 Å². The van der Waals surface area contributed by atoms with Crippen LogP contribution in [0.1, 0.15) is 23.5 Å². The zero-order valence-electron chi connectivity index (χ0n) is 11.3. The number of nitrogens with one attached hydrogen (secondary N) is 2. The highest BCUT2D eigenvalue weighted by Crippen LogP contribution is 2.11. The smallest absolute Gasteiger partial charge is 0.288 e. The van der Waals surface area contributed by atoms with Gasteiger partial charge in [0.25, 0.3) is 5.91 Å². The van der Waals surface area contributed by atoms with Crippen LogP contribution in [0.4, 0.5) is 5.95 Å². The molecule has 1 aromatic rings. The molecular weight excluding hydrogens is 264 g/mol. The lowest BCUT2D eigenvalue weighted by Crippen LogP contribution is -2.47. The molecule has 110 valence electrons. The molecule has 20 heavy (non-hydrogen) atoms. The quantitative estimate of drug-likeness (QED) is 0.633. The predicted molar refractivity (Wildman–Crippen MR) is 69.7 cm³/mol. The summed E-state index contributed by atoms with van der Waals surface area (Å²) in [6.45, 7) is 1.30. The molecule has 1 fully saturated rings.